The van der Waals surface area contributed by atoms with Gasteiger partial charge in [-0.25, -0.2) is 0 Å². The average molecular weight is 342 g/mol. The first-order chi connectivity index (χ1) is 12.3. The summed E-state index contributed by atoms with van der Waals surface area (Å²) < 4.78 is 8.42. The third-order valence-corrected chi connectivity index (χ3v) is 6.00. The van der Waals surface area contributed by atoms with Gasteiger partial charge in [-0.05, 0) is 52.0 Å². The minimum atomic E-state index is 0.222. The molecular weight excluding hydrogens is 316 g/mol. The van der Waals surface area contributed by atoms with Crippen LogP contribution in [0.4, 0.5) is 0 Å². The van der Waals surface area contributed by atoms with Gasteiger partial charge < -0.3 is 8.98 Å². The van der Waals surface area contributed by atoms with Gasteiger partial charge in [-0.3, -0.25) is 4.90 Å². The second kappa shape index (κ2) is 6.20. The van der Waals surface area contributed by atoms with E-state index in [2.05, 4.69) is 36.8 Å². The SMILES string of the molecule is Cc1nnc(CN2CCCCC2c2nnc(C3CCC3)o2)n1C1CC1. The molecule has 3 fully saturated rings. The first-order valence-corrected chi connectivity index (χ1v) is 9.77. The molecule has 134 valence electrons. The molecule has 2 aromatic rings. The van der Waals surface area contributed by atoms with Crippen molar-refractivity contribution in [1.29, 1.82) is 0 Å². The first-order valence-electron chi connectivity index (χ1n) is 9.77. The van der Waals surface area contributed by atoms with E-state index in [1.807, 2.05) is 0 Å². The molecule has 0 spiro atoms. The minimum Gasteiger partial charge on any atom is -0.423 e. The van der Waals surface area contributed by atoms with E-state index in [-0.39, 0.29) is 6.04 Å². The van der Waals surface area contributed by atoms with Crippen molar-refractivity contribution >= 4 is 0 Å². The van der Waals surface area contributed by atoms with Crippen molar-refractivity contribution < 1.29 is 4.42 Å². The van der Waals surface area contributed by atoms with Gasteiger partial charge in [-0.15, -0.1) is 20.4 Å². The maximum absolute atomic E-state index is 6.08. The van der Waals surface area contributed by atoms with Gasteiger partial charge in [-0.1, -0.05) is 12.8 Å². The van der Waals surface area contributed by atoms with E-state index in [0.717, 1.165) is 42.9 Å². The summed E-state index contributed by atoms with van der Waals surface area (Å²) in [5.41, 5.74) is 0. The highest BCUT2D eigenvalue weighted by molar-refractivity contribution is 5.04. The Kier molecular flexibility index (Phi) is 3.84. The molecule has 1 aliphatic heterocycles. The lowest BCUT2D eigenvalue weighted by Gasteiger charge is -2.33. The summed E-state index contributed by atoms with van der Waals surface area (Å²) in [6, 6.07) is 0.835. The molecule has 2 aliphatic carbocycles. The average Bonchev–Trinajstić information content (AvgIpc) is 3.18. The number of hydrogen-bond acceptors (Lipinski definition) is 6. The molecule has 0 N–H and O–H groups in total. The Balaban J connectivity index is 1.36. The van der Waals surface area contributed by atoms with Crippen molar-refractivity contribution in [3.8, 4) is 0 Å². The van der Waals surface area contributed by atoms with Gasteiger partial charge >= 0.3 is 0 Å². The van der Waals surface area contributed by atoms with E-state index < -0.39 is 0 Å². The number of rotatable bonds is 5. The molecule has 25 heavy (non-hydrogen) atoms. The van der Waals surface area contributed by atoms with E-state index in [4.69, 9.17) is 4.42 Å². The first kappa shape index (κ1) is 15.5. The molecule has 2 saturated carbocycles. The van der Waals surface area contributed by atoms with Crippen LogP contribution in [0.2, 0.25) is 0 Å². The van der Waals surface area contributed by atoms with Gasteiger partial charge in [0.2, 0.25) is 11.8 Å². The topological polar surface area (TPSA) is 72.9 Å². The van der Waals surface area contributed by atoms with E-state index in [9.17, 15) is 0 Å². The van der Waals surface area contributed by atoms with Crippen LogP contribution in [0.5, 0.6) is 0 Å². The quantitative estimate of drug-likeness (QED) is 0.830. The van der Waals surface area contributed by atoms with E-state index in [1.165, 1.54) is 44.9 Å². The second-order valence-electron chi connectivity index (χ2n) is 7.85. The normalized spacial score (nSPS) is 25.2. The highest BCUT2D eigenvalue weighted by atomic mass is 16.4. The maximum atomic E-state index is 6.08. The zero-order chi connectivity index (χ0) is 16.8. The van der Waals surface area contributed by atoms with Crippen molar-refractivity contribution in [1.82, 2.24) is 29.9 Å². The molecule has 3 heterocycles. The Hall–Kier alpha value is -1.76. The molecule has 0 radical (unpaired) electrons. The Morgan fingerprint density at radius 1 is 0.920 bits per heavy atom. The minimum absolute atomic E-state index is 0.222. The second-order valence-corrected chi connectivity index (χ2v) is 7.85. The predicted octanol–water partition coefficient (Wildman–Crippen LogP) is 3.30. The highest BCUT2D eigenvalue weighted by Gasteiger charge is 2.34. The zero-order valence-corrected chi connectivity index (χ0v) is 14.9. The lowest BCUT2D eigenvalue weighted by molar-refractivity contribution is 0.110. The zero-order valence-electron chi connectivity index (χ0n) is 14.9. The fourth-order valence-corrected chi connectivity index (χ4v) is 4.17. The van der Waals surface area contributed by atoms with Crippen molar-refractivity contribution in [2.45, 2.75) is 82.8 Å². The standard InChI is InChI=1S/C18H26N6O/c1-12-19-20-16(24(12)14-8-9-14)11-23-10-3-2-7-15(23)18-22-21-17(25-18)13-5-4-6-13/h13-15H,2-11H2,1H3. The number of piperidine rings is 1. The number of hydrogen-bond donors (Lipinski definition) is 0. The molecule has 7 nitrogen and oxygen atoms in total. The van der Waals surface area contributed by atoms with Crippen LogP contribution in [0, 0.1) is 6.92 Å². The lowest BCUT2D eigenvalue weighted by atomic mass is 9.85. The molecular formula is C18H26N6O. The Morgan fingerprint density at radius 3 is 2.52 bits per heavy atom. The Morgan fingerprint density at radius 2 is 1.76 bits per heavy atom. The molecule has 1 unspecified atom stereocenters. The summed E-state index contributed by atoms with van der Waals surface area (Å²) in [6.07, 6.45) is 9.71. The molecule has 3 aliphatic rings. The van der Waals surface area contributed by atoms with Crippen LogP contribution in [-0.2, 0) is 6.54 Å². The Labute approximate surface area is 147 Å². The monoisotopic (exact) mass is 342 g/mol. The van der Waals surface area contributed by atoms with Crippen molar-refractivity contribution in [2.75, 3.05) is 6.54 Å². The summed E-state index contributed by atoms with van der Waals surface area (Å²) in [5.74, 6) is 4.28. The summed E-state index contributed by atoms with van der Waals surface area (Å²) in [7, 11) is 0. The van der Waals surface area contributed by atoms with Crippen LogP contribution < -0.4 is 0 Å². The van der Waals surface area contributed by atoms with Crippen LogP contribution in [0.25, 0.3) is 0 Å². The third kappa shape index (κ3) is 2.88. The van der Waals surface area contributed by atoms with E-state index in [1.54, 1.807) is 0 Å². The molecule has 7 heteroatoms. The molecule has 1 saturated heterocycles. The number of nitrogens with zero attached hydrogens (tertiary/aromatic N) is 6. The number of likely N-dealkylation sites (tertiary alicyclic amines) is 1. The van der Waals surface area contributed by atoms with Gasteiger partial charge in [0.05, 0.1) is 12.6 Å². The third-order valence-electron chi connectivity index (χ3n) is 6.00. The predicted molar refractivity (Wildman–Crippen MR) is 90.9 cm³/mol. The van der Waals surface area contributed by atoms with Gasteiger partial charge in [0.1, 0.15) is 11.6 Å². The molecule has 0 amide bonds. The maximum Gasteiger partial charge on any atom is 0.233 e. The van der Waals surface area contributed by atoms with Crippen molar-refractivity contribution in [3.63, 3.8) is 0 Å². The van der Waals surface area contributed by atoms with Gasteiger partial charge in [-0.2, -0.15) is 0 Å². The molecule has 5 rings (SSSR count). The number of aromatic nitrogens is 5. The van der Waals surface area contributed by atoms with Gasteiger partial charge in [0.25, 0.3) is 0 Å². The fourth-order valence-electron chi connectivity index (χ4n) is 4.17. The molecule has 1 atom stereocenters. The molecule has 0 bridgehead atoms. The number of aryl methyl sites for hydroxylation is 1. The van der Waals surface area contributed by atoms with Crippen LogP contribution in [0.1, 0.15) is 92.8 Å². The van der Waals surface area contributed by atoms with Crippen LogP contribution in [0.15, 0.2) is 4.42 Å². The fraction of sp³-hybridized carbons (Fsp3) is 0.778. The Bertz CT molecular complexity index is 745. The smallest absolute Gasteiger partial charge is 0.233 e. The summed E-state index contributed by atoms with van der Waals surface area (Å²) in [6.45, 7) is 3.94. The van der Waals surface area contributed by atoms with Crippen LogP contribution >= 0.6 is 0 Å². The highest BCUT2D eigenvalue weighted by Crippen LogP contribution is 2.39. The van der Waals surface area contributed by atoms with Crippen molar-refractivity contribution in [2.24, 2.45) is 0 Å². The van der Waals surface area contributed by atoms with E-state index >= 15 is 0 Å². The van der Waals surface area contributed by atoms with Crippen molar-refractivity contribution in [3.05, 3.63) is 23.4 Å². The lowest BCUT2D eigenvalue weighted by Crippen LogP contribution is -2.34. The summed E-state index contributed by atoms with van der Waals surface area (Å²) >= 11 is 0. The van der Waals surface area contributed by atoms with Crippen LogP contribution in [-0.4, -0.2) is 36.4 Å². The largest absolute Gasteiger partial charge is 0.423 e. The van der Waals surface area contributed by atoms with Gasteiger partial charge in [0, 0.05) is 12.0 Å². The molecule has 0 aromatic carbocycles. The van der Waals surface area contributed by atoms with Gasteiger partial charge in [0.15, 0.2) is 0 Å². The van der Waals surface area contributed by atoms with E-state index in [0.29, 0.717) is 12.0 Å². The molecule has 2 aromatic heterocycles. The summed E-state index contributed by atoms with van der Waals surface area (Å²) in [4.78, 5) is 2.46. The van der Waals surface area contributed by atoms with Crippen LogP contribution in [0.3, 0.4) is 0 Å². The summed E-state index contributed by atoms with van der Waals surface area (Å²) in [5, 5.41) is 17.5.